The molecule has 0 unspecified atom stereocenters. The number of morpholine rings is 1. The number of esters is 1. The number of nitrogens with zero attached hydrogens (tertiary/aromatic N) is 3. The molecule has 1 aliphatic rings. The molecule has 11 heteroatoms. The molecule has 0 spiro atoms. The first-order chi connectivity index (χ1) is 13.2. The summed E-state index contributed by atoms with van der Waals surface area (Å²) in [5, 5.41) is -0.142. The van der Waals surface area contributed by atoms with Gasteiger partial charge in [0, 0.05) is 20.1 Å². The molecule has 2 aromatic rings. The maximum atomic E-state index is 14.1. The van der Waals surface area contributed by atoms with Gasteiger partial charge >= 0.3 is 5.97 Å². The smallest absolute Gasteiger partial charge is 0.306 e. The fraction of sp³-hybridized carbons (Fsp3) is 0.471. The zero-order chi connectivity index (χ0) is 20.5. The lowest BCUT2D eigenvalue weighted by atomic mass is 10.2. The van der Waals surface area contributed by atoms with Crippen LogP contribution in [0, 0.1) is 5.82 Å². The Kier molecular flexibility index (Phi) is 5.66. The summed E-state index contributed by atoms with van der Waals surface area (Å²) in [6.45, 7) is 1.86. The van der Waals surface area contributed by atoms with Crippen molar-refractivity contribution >= 4 is 32.7 Å². The van der Waals surface area contributed by atoms with E-state index in [1.165, 1.54) is 11.6 Å². The number of carbonyl (C=O) groups excluding carboxylic acids is 1. The maximum absolute atomic E-state index is 14.1. The van der Waals surface area contributed by atoms with Gasteiger partial charge in [-0.25, -0.2) is 17.8 Å². The SMILES string of the molecule is COC(=O)CCS(=O)(=O)c1cc(F)cc2c(=O)n(C)c(N3CCOCC3)nc12. The van der Waals surface area contributed by atoms with Crippen molar-refractivity contribution in [3.8, 4) is 0 Å². The molecule has 0 amide bonds. The van der Waals surface area contributed by atoms with Gasteiger partial charge in [-0.05, 0) is 12.1 Å². The first-order valence-corrected chi connectivity index (χ1v) is 10.2. The molecule has 28 heavy (non-hydrogen) atoms. The van der Waals surface area contributed by atoms with E-state index in [0.29, 0.717) is 26.3 Å². The average Bonchev–Trinajstić information content (AvgIpc) is 2.69. The van der Waals surface area contributed by atoms with Gasteiger partial charge in [-0.1, -0.05) is 0 Å². The minimum Gasteiger partial charge on any atom is -0.469 e. The number of methoxy groups -OCH3 is 1. The van der Waals surface area contributed by atoms with Crippen molar-refractivity contribution in [1.82, 2.24) is 9.55 Å². The third-order valence-electron chi connectivity index (χ3n) is 4.52. The Morgan fingerprint density at radius 1 is 1.32 bits per heavy atom. The van der Waals surface area contributed by atoms with Crippen molar-refractivity contribution < 1.29 is 27.1 Å². The molecule has 152 valence electrons. The van der Waals surface area contributed by atoms with Crippen LogP contribution in [0.3, 0.4) is 0 Å². The van der Waals surface area contributed by atoms with Crippen molar-refractivity contribution in [1.29, 1.82) is 0 Å². The van der Waals surface area contributed by atoms with Crippen molar-refractivity contribution in [3.05, 3.63) is 28.3 Å². The number of carbonyl (C=O) groups is 1. The standard InChI is InChI=1S/C17H20FN3O6S/c1-20-16(23)12-9-11(18)10-13(28(24,25)8-3-14(22)26-2)15(12)19-17(20)21-4-6-27-7-5-21/h9-10H,3-8H2,1-2H3. The highest BCUT2D eigenvalue weighted by Crippen LogP contribution is 2.25. The molecule has 1 aromatic carbocycles. The van der Waals surface area contributed by atoms with Gasteiger partial charge in [-0.2, -0.15) is 0 Å². The van der Waals surface area contributed by atoms with Gasteiger partial charge in [0.25, 0.3) is 5.56 Å². The van der Waals surface area contributed by atoms with Crippen LogP contribution in [0.2, 0.25) is 0 Å². The Hall–Kier alpha value is -2.53. The van der Waals surface area contributed by atoms with E-state index in [4.69, 9.17) is 4.74 Å². The van der Waals surface area contributed by atoms with Crippen LogP contribution < -0.4 is 10.5 Å². The van der Waals surface area contributed by atoms with E-state index in [-0.39, 0.29) is 16.9 Å². The first kappa shape index (κ1) is 20.2. The molecule has 0 aliphatic carbocycles. The lowest BCUT2D eigenvalue weighted by molar-refractivity contribution is -0.140. The number of benzene rings is 1. The summed E-state index contributed by atoms with van der Waals surface area (Å²) in [6, 6.07) is 1.79. The first-order valence-electron chi connectivity index (χ1n) is 8.57. The van der Waals surface area contributed by atoms with Crippen molar-refractivity contribution in [3.63, 3.8) is 0 Å². The zero-order valence-corrected chi connectivity index (χ0v) is 16.3. The van der Waals surface area contributed by atoms with Crippen LogP contribution in [0.15, 0.2) is 21.8 Å². The van der Waals surface area contributed by atoms with Crippen LogP contribution in [-0.2, 0) is 31.2 Å². The summed E-state index contributed by atoms with van der Waals surface area (Å²) in [7, 11) is -1.45. The number of hydrogen-bond acceptors (Lipinski definition) is 8. The Balaban J connectivity index is 2.18. The van der Waals surface area contributed by atoms with E-state index in [0.717, 1.165) is 19.2 Å². The number of sulfone groups is 1. The van der Waals surface area contributed by atoms with Gasteiger partial charge < -0.3 is 14.4 Å². The Morgan fingerprint density at radius 3 is 2.64 bits per heavy atom. The number of hydrogen-bond donors (Lipinski definition) is 0. The molecule has 1 aromatic heterocycles. The lowest BCUT2D eigenvalue weighted by Crippen LogP contribution is -2.40. The van der Waals surface area contributed by atoms with Crippen molar-refractivity contribution in [2.24, 2.45) is 7.05 Å². The largest absolute Gasteiger partial charge is 0.469 e. The highest BCUT2D eigenvalue weighted by atomic mass is 32.2. The number of anilines is 1. The minimum absolute atomic E-state index is 0.115. The van der Waals surface area contributed by atoms with E-state index < -0.39 is 44.3 Å². The molecule has 1 saturated heterocycles. The number of aromatic nitrogens is 2. The second kappa shape index (κ2) is 7.84. The minimum atomic E-state index is -4.09. The second-order valence-electron chi connectivity index (χ2n) is 6.32. The topological polar surface area (TPSA) is 108 Å². The second-order valence-corrected chi connectivity index (χ2v) is 8.40. The lowest BCUT2D eigenvalue weighted by Gasteiger charge is -2.29. The molecule has 0 saturated carbocycles. The number of fused-ring (bicyclic) bond motifs is 1. The Labute approximate surface area is 160 Å². The molecule has 0 bridgehead atoms. The van der Waals surface area contributed by atoms with Gasteiger partial charge in [-0.15, -0.1) is 0 Å². The maximum Gasteiger partial charge on any atom is 0.306 e. The van der Waals surface area contributed by atoms with E-state index in [2.05, 4.69) is 9.72 Å². The zero-order valence-electron chi connectivity index (χ0n) is 15.5. The highest BCUT2D eigenvalue weighted by Gasteiger charge is 2.25. The summed E-state index contributed by atoms with van der Waals surface area (Å²) < 4.78 is 50.6. The number of halogens is 1. The molecule has 9 nitrogen and oxygen atoms in total. The van der Waals surface area contributed by atoms with E-state index in [1.54, 1.807) is 4.90 Å². The molecule has 2 heterocycles. The predicted octanol–water partition coefficient (Wildman–Crippen LogP) is 0.246. The van der Waals surface area contributed by atoms with Crippen LogP contribution in [0.4, 0.5) is 10.3 Å². The van der Waals surface area contributed by atoms with Gasteiger partial charge in [-0.3, -0.25) is 14.2 Å². The summed E-state index contributed by atoms with van der Waals surface area (Å²) in [5.41, 5.74) is -0.675. The predicted molar refractivity (Wildman–Crippen MR) is 98.7 cm³/mol. The molecule has 0 N–H and O–H groups in total. The van der Waals surface area contributed by atoms with Crippen LogP contribution >= 0.6 is 0 Å². The molecule has 0 radical (unpaired) electrons. The third kappa shape index (κ3) is 3.85. The summed E-state index contributed by atoms with van der Waals surface area (Å²) >= 11 is 0. The van der Waals surface area contributed by atoms with Gasteiger partial charge in [0.2, 0.25) is 5.95 Å². The third-order valence-corrected chi connectivity index (χ3v) is 6.24. The molecule has 0 atom stereocenters. The molecule has 3 rings (SSSR count). The van der Waals surface area contributed by atoms with Crippen LogP contribution in [-0.4, -0.2) is 63.1 Å². The Bertz CT molecular complexity index is 1080. The van der Waals surface area contributed by atoms with Crippen LogP contribution in [0.5, 0.6) is 0 Å². The number of rotatable bonds is 5. The highest BCUT2D eigenvalue weighted by molar-refractivity contribution is 7.91. The monoisotopic (exact) mass is 413 g/mol. The normalized spacial score (nSPS) is 15.0. The summed E-state index contributed by atoms with van der Waals surface area (Å²) in [5.74, 6) is -1.89. The molecule has 1 fully saturated rings. The summed E-state index contributed by atoms with van der Waals surface area (Å²) in [4.78, 5) is 29.9. The van der Waals surface area contributed by atoms with Crippen molar-refractivity contribution in [2.45, 2.75) is 11.3 Å². The molecular formula is C17H20FN3O6S. The van der Waals surface area contributed by atoms with Gasteiger partial charge in [0.15, 0.2) is 9.84 Å². The van der Waals surface area contributed by atoms with E-state index in [9.17, 15) is 22.4 Å². The van der Waals surface area contributed by atoms with Crippen molar-refractivity contribution in [2.75, 3.05) is 44.1 Å². The van der Waals surface area contributed by atoms with Crippen LogP contribution in [0.1, 0.15) is 6.42 Å². The quantitative estimate of drug-likeness (QED) is 0.642. The van der Waals surface area contributed by atoms with Gasteiger partial charge in [0.05, 0.1) is 48.3 Å². The average molecular weight is 413 g/mol. The summed E-state index contributed by atoms with van der Waals surface area (Å²) in [6.07, 6.45) is -0.391. The van der Waals surface area contributed by atoms with Crippen LogP contribution in [0.25, 0.3) is 10.9 Å². The fourth-order valence-corrected chi connectivity index (χ4v) is 4.41. The fourth-order valence-electron chi connectivity index (χ4n) is 3.01. The van der Waals surface area contributed by atoms with E-state index >= 15 is 0 Å². The number of ether oxygens (including phenoxy) is 2. The molecule has 1 aliphatic heterocycles. The Morgan fingerprint density at radius 2 is 2.00 bits per heavy atom. The van der Waals surface area contributed by atoms with Gasteiger partial charge in [0.1, 0.15) is 5.82 Å². The van der Waals surface area contributed by atoms with E-state index in [1.807, 2.05) is 0 Å². The molecular weight excluding hydrogens is 393 g/mol.